The van der Waals surface area contributed by atoms with E-state index in [0.717, 1.165) is 44.1 Å². The summed E-state index contributed by atoms with van der Waals surface area (Å²) in [5.41, 5.74) is 7.35. The van der Waals surface area contributed by atoms with Crippen LogP contribution in [0, 0.1) is 20.8 Å². The Kier molecular flexibility index (Phi) is 7.63. The Hall–Kier alpha value is -3.49. The molecule has 2 atom stereocenters. The first-order valence-electron chi connectivity index (χ1n) is 12.6. The summed E-state index contributed by atoms with van der Waals surface area (Å²) in [6, 6.07) is 24.1. The maximum Gasteiger partial charge on any atom is 0.226 e. The highest BCUT2D eigenvalue weighted by molar-refractivity contribution is 9.10. The highest BCUT2D eigenvalue weighted by Crippen LogP contribution is 2.41. The van der Waals surface area contributed by atoms with E-state index in [2.05, 4.69) is 85.2 Å². The van der Waals surface area contributed by atoms with Gasteiger partial charge in [-0.05, 0) is 98.7 Å². The third-order valence-corrected chi connectivity index (χ3v) is 7.83. The van der Waals surface area contributed by atoms with E-state index in [1.807, 2.05) is 49.4 Å². The fraction of sp³-hybridized carbons (Fsp3) is 0.233. The number of hydrogen-bond acceptors (Lipinski definition) is 3. The molecular weight excluding hydrogens is 558 g/mol. The van der Waals surface area contributed by atoms with Crippen LogP contribution in [0.25, 0.3) is 5.69 Å². The van der Waals surface area contributed by atoms with Gasteiger partial charge in [0.15, 0.2) is 5.11 Å². The van der Waals surface area contributed by atoms with E-state index in [1.54, 1.807) is 6.20 Å². The first-order valence-corrected chi connectivity index (χ1v) is 13.8. The maximum atomic E-state index is 12.9. The third kappa shape index (κ3) is 5.37. The van der Waals surface area contributed by atoms with Crippen LogP contribution in [0.3, 0.4) is 0 Å². The Bertz CT molecular complexity index is 1470. The molecule has 2 N–H and O–H groups in total. The number of thiocarbonyl (C=S) groups is 1. The van der Waals surface area contributed by atoms with Crippen LogP contribution in [0.5, 0.6) is 0 Å². The largest absolute Gasteiger partial charge is 0.352 e. The number of carbonyl (C=O) groups excluding carboxylic acids is 1. The predicted molar refractivity (Wildman–Crippen MR) is 160 cm³/mol. The first kappa shape index (κ1) is 26.1. The van der Waals surface area contributed by atoms with Gasteiger partial charge in [0, 0.05) is 46.4 Å². The van der Waals surface area contributed by atoms with Crippen LogP contribution in [-0.4, -0.2) is 32.0 Å². The smallest absolute Gasteiger partial charge is 0.226 e. The molecule has 1 aliphatic heterocycles. The lowest BCUT2D eigenvalue weighted by atomic mass is 9.96. The van der Waals surface area contributed by atoms with Crippen molar-refractivity contribution in [2.24, 2.45) is 0 Å². The van der Waals surface area contributed by atoms with Crippen molar-refractivity contribution in [3.63, 3.8) is 0 Å². The Balaban J connectivity index is 1.46. The highest BCUT2D eigenvalue weighted by atomic mass is 79.9. The summed E-state index contributed by atoms with van der Waals surface area (Å²) in [5.74, 6) is -0.0428. The predicted octanol–water partition coefficient (Wildman–Crippen LogP) is 6.56. The van der Waals surface area contributed by atoms with E-state index < -0.39 is 0 Å². The Labute approximate surface area is 237 Å². The van der Waals surface area contributed by atoms with Gasteiger partial charge in [0.25, 0.3) is 0 Å². The van der Waals surface area contributed by atoms with Gasteiger partial charge >= 0.3 is 0 Å². The fourth-order valence-electron chi connectivity index (χ4n) is 5.23. The van der Waals surface area contributed by atoms with Crippen molar-refractivity contribution in [3.8, 4) is 5.69 Å². The van der Waals surface area contributed by atoms with Crippen molar-refractivity contribution in [1.82, 2.24) is 19.8 Å². The lowest BCUT2D eigenvalue weighted by Crippen LogP contribution is -2.32. The van der Waals surface area contributed by atoms with Gasteiger partial charge in [-0.2, -0.15) is 0 Å². The van der Waals surface area contributed by atoms with Gasteiger partial charge < -0.3 is 20.1 Å². The fourth-order valence-corrected chi connectivity index (χ4v) is 5.82. The molecule has 3 heterocycles. The zero-order valence-corrected chi connectivity index (χ0v) is 24.0. The number of amides is 1. The van der Waals surface area contributed by atoms with Crippen molar-refractivity contribution in [1.29, 1.82) is 0 Å². The maximum absolute atomic E-state index is 12.9. The van der Waals surface area contributed by atoms with Crippen LogP contribution in [0.1, 0.15) is 46.7 Å². The number of nitrogens with one attached hydrogen (secondary N) is 2. The molecule has 1 saturated heterocycles. The average molecular weight is 589 g/mol. The van der Waals surface area contributed by atoms with Crippen LogP contribution in [0.2, 0.25) is 0 Å². The second kappa shape index (κ2) is 11.1. The number of aryl methyl sites for hydroxylation is 2. The van der Waals surface area contributed by atoms with Gasteiger partial charge in [0.05, 0.1) is 17.8 Å². The second-order valence-corrected chi connectivity index (χ2v) is 10.9. The molecule has 1 amide bonds. The number of benzene rings is 2. The van der Waals surface area contributed by atoms with E-state index in [9.17, 15) is 4.79 Å². The molecule has 2 aromatic carbocycles. The summed E-state index contributed by atoms with van der Waals surface area (Å²) < 4.78 is 3.31. The highest BCUT2D eigenvalue weighted by Gasteiger charge is 2.41. The summed E-state index contributed by atoms with van der Waals surface area (Å²) in [6.07, 6.45) is 2.12. The van der Waals surface area contributed by atoms with Gasteiger partial charge in [-0.15, -0.1) is 0 Å². The quantitative estimate of drug-likeness (QED) is 0.240. The lowest BCUT2D eigenvalue weighted by Gasteiger charge is -2.28. The Morgan fingerprint density at radius 1 is 1.05 bits per heavy atom. The number of nitrogens with zero attached hydrogens (tertiary/aromatic N) is 3. The number of anilines is 1. The Morgan fingerprint density at radius 3 is 2.55 bits per heavy atom. The molecule has 194 valence electrons. The number of aromatic nitrogens is 2. The number of pyridine rings is 1. The minimum Gasteiger partial charge on any atom is -0.352 e. The molecule has 38 heavy (non-hydrogen) atoms. The van der Waals surface area contributed by atoms with Crippen molar-refractivity contribution in [2.75, 3.05) is 11.9 Å². The zero-order valence-electron chi connectivity index (χ0n) is 21.6. The average Bonchev–Trinajstić information content (AvgIpc) is 3.38. The molecule has 8 heteroatoms. The minimum absolute atomic E-state index is 0.0428. The topological polar surface area (TPSA) is 62.2 Å². The molecule has 1 aliphatic rings. The summed E-state index contributed by atoms with van der Waals surface area (Å²) in [6.45, 7) is 6.76. The molecule has 0 spiro atoms. The van der Waals surface area contributed by atoms with Crippen molar-refractivity contribution in [2.45, 2.75) is 39.3 Å². The SMILES string of the molecule is Cc1cccc(NC(=O)CCN2C(=S)N[C@@H](c3ccccn3)[C@H]2c2cc(C)n(-c3ccc(Br)cc3)c2C)c1. The van der Waals surface area contributed by atoms with Gasteiger partial charge in [-0.1, -0.05) is 34.1 Å². The molecule has 0 radical (unpaired) electrons. The normalized spacial score (nSPS) is 16.9. The third-order valence-electron chi connectivity index (χ3n) is 6.95. The van der Waals surface area contributed by atoms with Gasteiger partial charge in [0.2, 0.25) is 5.91 Å². The molecule has 0 bridgehead atoms. The first-order chi connectivity index (χ1) is 18.3. The van der Waals surface area contributed by atoms with Crippen molar-refractivity contribution >= 4 is 44.9 Å². The molecule has 0 aliphatic carbocycles. The molecule has 5 rings (SSSR count). The lowest BCUT2D eigenvalue weighted by molar-refractivity contribution is -0.116. The number of carbonyl (C=O) groups is 1. The van der Waals surface area contributed by atoms with Gasteiger partial charge in [-0.25, -0.2) is 0 Å². The Morgan fingerprint density at radius 2 is 1.84 bits per heavy atom. The van der Waals surface area contributed by atoms with E-state index in [0.29, 0.717) is 18.1 Å². The van der Waals surface area contributed by atoms with Crippen LogP contribution >= 0.6 is 28.1 Å². The number of halogens is 1. The van der Waals surface area contributed by atoms with E-state index in [-0.39, 0.29) is 18.0 Å². The van der Waals surface area contributed by atoms with E-state index in [1.165, 1.54) is 0 Å². The summed E-state index contributed by atoms with van der Waals surface area (Å²) >= 11 is 9.36. The molecular formula is C30H30BrN5OS. The molecule has 2 aromatic heterocycles. The van der Waals surface area contributed by atoms with Crippen molar-refractivity contribution in [3.05, 3.63) is 112 Å². The monoisotopic (exact) mass is 587 g/mol. The summed E-state index contributed by atoms with van der Waals surface area (Å²) in [5, 5.41) is 7.15. The second-order valence-electron chi connectivity index (χ2n) is 9.63. The molecule has 4 aromatic rings. The molecule has 1 fully saturated rings. The zero-order chi connectivity index (χ0) is 26.8. The molecule has 6 nitrogen and oxygen atoms in total. The van der Waals surface area contributed by atoms with Gasteiger partial charge in [0.1, 0.15) is 0 Å². The number of hydrogen-bond donors (Lipinski definition) is 2. The van der Waals surface area contributed by atoms with E-state index >= 15 is 0 Å². The number of rotatable bonds is 7. The standard InChI is InChI=1S/C30H30BrN5OS/c1-19-7-6-8-23(17-19)33-27(37)14-16-35-29(28(34-30(35)38)26-9-4-5-15-32-26)25-18-20(2)36(21(25)3)24-12-10-22(31)11-13-24/h4-13,15,17-18,28-29H,14,16H2,1-3H3,(H,33,37)(H,34,38)/t28-,29+/m0/s1. The summed E-state index contributed by atoms with van der Waals surface area (Å²) in [4.78, 5) is 19.7. The van der Waals surface area contributed by atoms with Gasteiger partial charge in [-0.3, -0.25) is 9.78 Å². The van der Waals surface area contributed by atoms with Crippen LogP contribution < -0.4 is 10.6 Å². The van der Waals surface area contributed by atoms with Crippen LogP contribution in [0.15, 0.2) is 83.5 Å². The van der Waals surface area contributed by atoms with Crippen LogP contribution in [0.4, 0.5) is 5.69 Å². The molecule has 0 saturated carbocycles. The van der Waals surface area contributed by atoms with Crippen LogP contribution in [-0.2, 0) is 4.79 Å². The van der Waals surface area contributed by atoms with E-state index in [4.69, 9.17) is 12.2 Å². The summed E-state index contributed by atoms with van der Waals surface area (Å²) in [7, 11) is 0. The van der Waals surface area contributed by atoms with Crippen molar-refractivity contribution < 1.29 is 4.79 Å². The molecule has 0 unspecified atom stereocenters. The minimum atomic E-state index is -0.137.